The predicted octanol–water partition coefficient (Wildman–Crippen LogP) is 5.11. The number of hydrogen-bond donors (Lipinski definition) is 0. The van der Waals surface area contributed by atoms with E-state index in [2.05, 4.69) is 15.0 Å². The van der Waals surface area contributed by atoms with E-state index in [1.807, 2.05) is 62.4 Å². The van der Waals surface area contributed by atoms with E-state index < -0.39 is 0 Å². The second kappa shape index (κ2) is 6.06. The Morgan fingerprint density at radius 1 is 0.800 bits per heavy atom. The third-order valence-electron chi connectivity index (χ3n) is 4.10. The van der Waals surface area contributed by atoms with Gasteiger partial charge >= 0.3 is 0 Å². The van der Waals surface area contributed by atoms with Crippen LogP contribution in [0.25, 0.3) is 33.7 Å². The van der Waals surface area contributed by atoms with Gasteiger partial charge in [0.05, 0.1) is 11.2 Å². The van der Waals surface area contributed by atoms with E-state index in [4.69, 9.17) is 0 Å². The quantitative estimate of drug-likeness (QED) is 0.512. The van der Waals surface area contributed by atoms with Gasteiger partial charge in [-0.05, 0) is 44.2 Å². The lowest BCUT2D eigenvalue weighted by Gasteiger charge is -2.10. The summed E-state index contributed by atoms with van der Waals surface area (Å²) in [4.78, 5) is 13.8. The van der Waals surface area contributed by atoms with Crippen LogP contribution in [-0.2, 0) is 0 Å². The summed E-state index contributed by atoms with van der Waals surface area (Å²) in [6, 6.07) is 18.4. The minimum absolute atomic E-state index is 0.294. The molecule has 0 saturated heterocycles. The molecule has 3 nitrogen and oxygen atoms in total. The SMILES string of the molecule is Cc1ccc(F)c(-c2nc(-c3cccc(C)n3)nc3ccccc23)c1. The van der Waals surface area contributed by atoms with Gasteiger partial charge in [-0.2, -0.15) is 0 Å². The van der Waals surface area contributed by atoms with Crippen LogP contribution in [0, 0.1) is 19.7 Å². The van der Waals surface area contributed by atoms with Gasteiger partial charge in [0.25, 0.3) is 0 Å². The van der Waals surface area contributed by atoms with E-state index in [0.29, 0.717) is 22.8 Å². The molecular formula is C21H16FN3. The van der Waals surface area contributed by atoms with Crippen molar-refractivity contribution in [2.45, 2.75) is 13.8 Å². The predicted molar refractivity (Wildman–Crippen MR) is 97.6 cm³/mol. The van der Waals surface area contributed by atoms with Gasteiger partial charge in [0.1, 0.15) is 11.5 Å². The van der Waals surface area contributed by atoms with Crippen molar-refractivity contribution in [2.24, 2.45) is 0 Å². The van der Waals surface area contributed by atoms with Crippen LogP contribution in [0.15, 0.2) is 60.7 Å². The monoisotopic (exact) mass is 329 g/mol. The van der Waals surface area contributed by atoms with Gasteiger partial charge in [-0.15, -0.1) is 0 Å². The third kappa shape index (κ3) is 2.87. The van der Waals surface area contributed by atoms with Gasteiger partial charge in [0.15, 0.2) is 5.82 Å². The Morgan fingerprint density at radius 3 is 2.48 bits per heavy atom. The molecule has 2 aromatic carbocycles. The van der Waals surface area contributed by atoms with Crippen molar-refractivity contribution >= 4 is 10.9 Å². The van der Waals surface area contributed by atoms with Crippen molar-refractivity contribution in [1.82, 2.24) is 15.0 Å². The normalized spacial score (nSPS) is 11.0. The number of para-hydroxylation sites is 1. The molecule has 25 heavy (non-hydrogen) atoms. The molecule has 0 atom stereocenters. The van der Waals surface area contributed by atoms with E-state index in [0.717, 1.165) is 22.2 Å². The van der Waals surface area contributed by atoms with Crippen molar-refractivity contribution in [3.8, 4) is 22.8 Å². The summed E-state index contributed by atoms with van der Waals surface area (Å²) < 4.78 is 14.5. The Balaban J connectivity index is 2.04. The summed E-state index contributed by atoms with van der Waals surface area (Å²) in [6.07, 6.45) is 0. The summed E-state index contributed by atoms with van der Waals surface area (Å²) in [5.74, 6) is 0.205. The van der Waals surface area contributed by atoms with Crippen LogP contribution >= 0.6 is 0 Å². The zero-order valence-corrected chi connectivity index (χ0v) is 14.0. The zero-order chi connectivity index (χ0) is 17.4. The molecule has 4 rings (SSSR count). The van der Waals surface area contributed by atoms with E-state index >= 15 is 0 Å². The number of aryl methyl sites for hydroxylation is 2. The Kier molecular flexibility index (Phi) is 3.73. The molecule has 2 aromatic heterocycles. The van der Waals surface area contributed by atoms with E-state index in [9.17, 15) is 4.39 Å². The van der Waals surface area contributed by atoms with Gasteiger partial charge in [-0.3, -0.25) is 0 Å². The van der Waals surface area contributed by atoms with Gasteiger partial charge < -0.3 is 0 Å². The van der Waals surface area contributed by atoms with Gasteiger partial charge in [-0.25, -0.2) is 19.3 Å². The van der Waals surface area contributed by atoms with Crippen LogP contribution in [0.3, 0.4) is 0 Å². The van der Waals surface area contributed by atoms with Gasteiger partial charge in [0.2, 0.25) is 0 Å². The minimum Gasteiger partial charge on any atom is -0.250 e. The lowest BCUT2D eigenvalue weighted by atomic mass is 10.0. The number of rotatable bonds is 2. The summed E-state index contributed by atoms with van der Waals surface area (Å²) >= 11 is 0. The molecule has 4 heteroatoms. The molecule has 0 saturated carbocycles. The summed E-state index contributed by atoms with van der Waals surface area (Å²) in [6.45, 7) is 3.86. The van der Waals surface area contributed by atoms with Gasteiger partial charge in [0, 0.05) is 16.6 Å². The first-order chi connectivity index (χ1) is 12.1. The molecule has 0 fully saturated rings. The average Bonchev–Trinajstić information content (AvgIpc) is 2.63. The first-order valence-electron chi connectivity index (χ1n) is 8.09. The molecule has 0 amide bonds. The summed E-state index contributed by atoms with van der Waals surface area (Å²) in [5.41, 5.74) is 4.39. The molecule has 4 aromatic rings. The van der Waals surface area contributed by atoms with Crippen LogP contribution in [0.2, 0.25) is 0 Å². The van der Waals surface area contributed by atoms with E-state index in [1.54, 1.807) is 6.07 Å². The third-order valence-corrected chi connectivity index (χ3v) is 4.10. The molecule has 0 aliphatic carbocycles. The van der Waals surface area contributed by atoms with Gasteiger partial charge in [-0.1, -0.05) is 35.9 Å². The number of fused-ring (bicyclic) bond motifs is 1. The Hall–Kier alpha value is -3.14. The van der Waals surface area contributed by atoms with Crippen molar-refractivity contribution in [2.75, 3.05) is 0 Å². The molecule has 2 heterocycles. The largest absolute Gasteiger partial charge is 0.250 e. The smallest absolute Gasteiger partial charge is 0.179 e. The number of pyridine rings is 1. The number of aromatic nitrogens is 3. The average molecular weight is 329 g/mol. The maximum atomic E-state index is 14.5. The fraction of sp³-hybridized carbons (Fsp3) is 0.0952. The Morgan fingerprint density at radius 2 is 1.64 bits per heavy atom. The molecule has 0 spiro atoms. The standard InChI is InChI=1S/C21H16FN3/c1-13-10-11-17(22)16(12-13)20-15-7-3-4-8-18(15)24-21(25-20)19-9-5-6-14(2)23-19/h3-12H,1-2H3. The highest BCUT2D eigenvalue weighted by atomic mass is 19.1. The number of benzene rings is 2. The van der Waals surface area contributed by atoms with Crippen LogP contribution in [0.1, 0.15) is 11.3 Å². The molecule has 0 aliphatic heterocycles. The van der Waals surface area contributed by atoms with E-state index in [1.165, 1.54) is 6.07 Å². The van der Waals surface area contributed by atoms with Crippen LogP contribution < -0.4 is 0 Å². The molecule has 122 valence electrons. The minimum atomic E-state index is -0.294. The number of nitrogens with zero attached hydrogens (tertiary/aromatic N) is 3. The first-order valence-corrected chi connectivity index (χ1v) is 8.09. The topological polar surface area (TPSA) is 38.7 Å². The van der Waals surface area contributed by atoms with Crippen LogP contribution in [0.5, 0.6) is 0 Å². The fourth-order valence-corrected chi connectivity index (χ4v) is 2.88. The second-order valence-electron chi connectivity index (χ2n) is 6.06. The lowest BCUT2D eigenvalue weighted by Crippen LogP contribution is -1.98. The molecule has 0 bridgehead atoms. The Labute approximate surface area is 145 Å². The van der Waals surface area contributed by atoms with Crippen LogP contribution in [0.4, 0.5) is 4.39 Å². The zero-order valence-electron chi connectivity index (χ0n) is 14.0. The maximum absolute atomic E-state index is 14.5. The van der Waals surface area contributed by atoms with E-state index in [-0.39, 0.29) is 5.82 Å². The molecule has 0 radical (unpaired) electrons. The number of halogens is 1. The van der Waals surface area contributed by atoms with Crippen molar-refractivity contribution < 1.29 is 4.39 Å². The fourth-order valence-electron chi connectivity index (χ4n) is 2.88. The van der Waals surface area contributed by atoms with Crippen LogP contribution in [-0.4, -0.2) is 15.0 Å². The van der Waals surface area contributed by atoms with Crippen molar-refractivity contribution in [3.05, 3.63) is 77.7 Å². The highest BCUT2D eigenvalue weighted by molar-refractivity contribution is 5.93. The summed E-state index contributed by atoms with van der Waals surface area (Å²) in [5, 5.41) is 0.823. The lowest BCUT2D eigenvalue weighted by molar-refractivity contribution is 0.630. The van der Waals surface area contributed by atoms with Crippen molar-refractivity contribution in [3.63, 3.8) is 0 Å². The Bertz CT molecular complexity index is 1090. The number of hydrogen-bond acceptors (Lipinski definition) is 3. The van der Waals surface area contributed by atoms with Crippen molar-refractivity contribution in [1.29, 1.82) is 0 Å². The second-order valence-corrected chi connectivity index (χ2v) is 6.06. The molecule has 0 unspecified atom stereocenters. The summed E-state index contributed by atoms with van der Waals surface area (Å²) in [7, 11) is 0. The molecular weight excluding hydrogens is 313 g/mol. The first kappa shape index (κ1) is 15.4. The highest BCUT2D eigenvalue weighted by Crippen LogP contribution is 2.30. The molecule has 0 N–H and O–H groups in total. The highest BCUT2D eigenvalue weighted by Gasteiger charge is 2.15. The maximum Gasteiger partial charge on any atom is 0.179 e. The molecule has 0 aliphatic rings.